The fourth-order valence-corrected chi connectivity index (χ4v) is 2.71. The van der Waals surface area contributed by atoms with Gasteiger partial charge in [0.05, 0.1) is 5.75 Å². The van der Waals surface area contributed by atoms with Crippen molar-refractivity contribution < 1.29 is 17.1 Å². The van der Waals surface area contributed by atoms with Gasteiger partial charge in [0.1, 0.15) is 5.82 Å². The minimum atomic E-state index is -4.61. The Hall–Kier alpha value is -1.77. The molecule has 1 N–H and O–H groups in total. The van der Waals surface area contributed by atoms with Gasteiger partial charge >= 0.3 is 15.9 Å². The fourth-order valence-electron chi connectivity index (χ4n) is 1.92. The van der Waals surface area contributed by atoms with Crippen molar-refractivity contribution in [1.82, 2.24) is 9.97 Å². The predicted molar refractivity (Wildman–Crippen MR) is 60.2 cm³/mol. The smallest absolute Gasteiger partial charge is 0.298 e. The molecular formula is C9H10FN3O4S. The summed E-state index contributed by atoms with van der Waals surface area (Å²) in [6.07, 6.45) is 1.17. The maximum absolute atomic E-state index is 12.5. The number of amides is 1. The van der Waals surface area contributed by atoms with Crippen LogP contribution in [-0.2, 0) is 15.0 Å². The van der Waals surface area contributed by atoms with Crippen LogP contribution in [-0.4, -0.2) is 36.6 Å². The highest BCUT2D eigenvalue weighted by atomic mass is 32.3. The van der Waals surface area contributed by atoms with E-state index in [1.54, 1.807) is 0 Å². The van der Waals surface area contributed by atoms with Gasteiger partial charge in [-0.1, -0.05) is 0 Å². The number of hydrogen-bond acceptors (Lipinski definition) is 5. The molecule has 0 aromatic carbocycles. The normalized spacial score (nSPS) is 20.4. The van der Waals surface area contributed by atoms with E-state index in [1.807, 2.05) is 0 Å². The summed E-state index contributed by atoms with van der Waals surface area (Å²) in [4.78, 5) is 29.6. The highest BCUT2D eigenvalue weighted by molar-refractivity contribution is 7.86. The molecule has 2 rings (SSSR count). The molecule has 0 bridgehead atoms. The van der Waals surface area contributed by atoms with Crippen LogP contribution in [0.5, 0.6) is 0 Å². The van der Waals surface area contributed by atoms with Crippen LogP contribution in [0.2, 0.25) is 0 Å². The van der Waals surface area contributed by atoms with E-state index in [1.165, 1.54) is 17.2 Å². The van der Waals surface area contributed by atoms with Crippen molar-refractivity contribution in [1.29, 1.82) is 0 Å². The van der Waals surface area contributed by atoms with Crippen molar-refractivity contribution in [2.24, 2.45) is 5.92 Å². The van der Waals surface area contributed by atoms with Gasteiger partial charge < -0.3 is 0 Å². The molecular weight excluding hydrogens is 265 g/mol. The molecule has 0 radical (unpaired) electrons. The summed E-state index contributed by atoms with van der Waals surface area (Å²) in [6.45, 7) is 0.0575. The summed E-state index contributed by atoms with van der Waals surface area (Å²) in [5.41, 5.74) is -0.609. The first-order valence-corrected chi connectivity index (χ1v) is 6.68. The molecule has 1 amide bonds. The quantitative estimate of drug-likeness (QED) is 0.744. The minimum absolute atomic E-state index is 0.0575. The number of rotatable bonds is 3. The predicted octanol–water partition coefficient (Wildman–Crippen LogP) is -0.578. The van der Waals surface area contributed by atoms with E-state index in [-0.39, 0.29) is 24.7 Å². The second-order valence-corrected chi connectivity index (χ2v) is 5.45. The van der Waals surface area contributed by atoms with E-state index in [2.05, 4.69) is 9.97 Å². The Morgan fingerprint density at radius 3 is 2.83 bits per heavy atom. The van der Waals surface area contributed by atoms with E-state index in [0.29, 0.717) is 0 Å². The van der Waals surface area contributed by atoms with Crippen LogP contribution >= 0.6 is 0 Å². The first-order valence-electron chi connectivity index (χ1n) is 5.13. The van der Waals surface area contributed by atoms with E-state index in [4.69, 9.17) is 0 Å². The molecule has 0 spiro atoms. The summed E-state index contributed by atoms with van der Waals surface area (Å²) in [5.74, 6) is -1.42. The van der Waals surface area contributed by atoms with Crippen molar-refractivity contribution >= 4 is 21.9 Å². The van der Waals surface area contributed by atoms with Gasteiger partial charge in [0, 0.05) is 25.1 Å². The van der Waals surface area contributed by atoms with Crippen molar-refractivity contribution in [3.63, 3.8) is 0 Å². The SMILES string of the molecule is O=C1CC(CS(=O)(=O)F)CN1c1ccnc(=O)[nH]1. The van der Waals surface area contributed by atoms with Gasteiger partial charge in [0.25, 0.3) is 0 Å². The molecule has 1 atom stereocenters. The summed E-state index contributed by atoms with van der Waals surface area (Å²) in [6, 6.07) is 1.42. The first kappa shape index (κ1) is 12.7. The van der Waals surface area contributed by atoms with Crippen LogP contribution in [0.15, 0.2) is 17.1 Å². The van der Waals surface area contributed by atoms with Gasteiger partial charge in [-0.3, -0.25) is 14.7 Å². The van der Waals surface area contributed by atoms with Gasteiger partial charge in [-0.25, -0.2) is 9.78 Å². The summed E-state index contributed by atoms with van der Waals surface area (Å²) >= 11 is 0. The molecule has 1 aliphatic heterocycles. The number of nitrogens with zero attached hydrogens (tertiary/aromatic N) is 2. The summed E-state index contributed by atoms with van der Waals surface area (Å²) < 4.78 is 33.6. The Balaban J connectivity index is 2.17. The Morgan fingerprint density at radius 2 is 2.22 bits per heavy atom. The number of hydrogen-bond donors (Lipinski definition) is 1. The average molecular weight is 275 g/mol. The monoisotopic (exact) mass is 275 g/mol. The fraction of sp³-hybridized carbons (Fsp3) is 0.444. The third-order valence-corrected chi connectivity index (χ3v) is 3.46. The second kappa shape index (κ2) is 4.48. The zero-order valence-electron chi connectivity index (χ0n) is 9.17. The lowest BCUT2D eigenvalue weighted by Crippen LogP contribution is -2.28. The van der Waals surface area contributed by atoms with Gasteiger partial charge in [-0.05, 0) is 6.07 Å². The Morgan fingerprint density at radius 1 is 1.50 bits per heavy atom. The highest BCUT2D eigenvalue weighted by Crippen LogP contribution is 2.23. The molecule has 1 saturated heterocycles. The van der Waals surface area contributed by atoms with Gasteiger partial charge in [0.15, 0.2) is 0 Å². The highest BCUT2D eigenvalue weighted by Gasteiger charge is 2.34. The van der Waals surface area contributed by atoms with Crippen LogP contribution in [0.1, 0.15) is 6.42 Å². The molecule has 18 heavy (non-hydrogen) atoms. The summed E-state index contributed by atoms with van der Waals surface area (Å²) in [7, 11) is -4.61. The summed E-state index contributed by atoms with van der Waals surface area (Å²) in [5, 5.41) is 0. The lowest BCUT2D eigenvalue weighted by Gasteiger charge is -2.15. The Kier molecular flexibility index (Phi) is 3.16. The lowest BCUT2D eigenvalue weighted by molar-refractivity contribution is -0.117. The van der Waals surface area contributed by atoms with Crippen LogP contribution < -0.4 is 10.6 Å². The van der Waals surface area contributed by atoms with Crippen LogP contribution in [0.3, 0.4) is 0 Å². The maximum atomic E-state index is 12.5. The molecule has 1 fully saturated rings. The molecule has 0 saturated carbocycles. The molecule has 1 aromatic heterocycles. The van der Waals surface area contributed by atoms with E-state index < -0.39 is 27.6 Å². The topological polar surface area (TPSA) is 100 Å². The minimum Gasteiger partial charge on any atom is -0.298 e. The third kappa shape index (κ3) is 2.92. The molecule has 1 aromatic rings. The average Bonchev–Trinajstić information content (AvgIpc) is 2.56. The molecule has 1 unspecified atom stereocenters. The van der Waals surface area contributed by atoms with Gasteiger partial charge in [-0.15, -0.1) is 3.89 Å². The molecule has 0 aliphatic carbocycles. The van der Waals surface area contributed by atoms with Crippen LogP contribution in [0.4, 0.5) is 9.70 Å². The second-order valence-electron chi connectivity index (χ2n) is 4.04. The van der Waals surface area contributed by atoms with Crippen LogP contribution in [0, 0.1) is 5.92 Å². The van der Waals surface area contributed by atoms with Crippen molar-refractivity contribution in [2.75, 3.05) is 17.2 Å². The number of aromatic amines is 1. The molecule has 2 heterocycles. The number of nitrogens with one attached hydrogen (secondary N) is 1. The molecule has 7 nitrogen and oxygen atoms in total. The maximum Gasteiger partial charge on any atom is 0.346 e. The van der Waals surface area contributed by atoms with Crippen molar-refractivity contribution in [3.05, 3.63) is 22.7 Å². The van der Waals surface area contributed by atoms with Crippen molar-refractivity contribution in [3.8, 4) is 0 Å². The number of halogens is 1. The van der Waals surface area contributed by atoms with Crippen LogP contribution in [0.25, 0.3) is 0 Å². The number of anilines is 1. The van der Waals surface area contributed by atoms with Gasteiger partial charge in [0.2, 0.25) is 5.91 Å². The third-order valence-electron chi connectivity index (χ3n) is 2.59. The molecule has 9 heteroatoms. The Labute approximate surface area is 102 Å². The van der Waals surface area contributed by atoms with Crippen molar-refractivity contribution in [2.45, 2.75) is 6.42 Å². The Bertz CT molecular complexity index is 627. The standard InChI is InChI=1S/C9H10FN3O4S/c10-18(16,17)5-6-3-8(14)13(4-6)7-1-2-11-9(15)12-7/h1-2,6H,3-5H2,(H,11,12,15). The lowest BCUT2D eigenvalue weighted by atomic mass is 10.1. The number of aromatic nitrogens is 2. The number of carbonyl (C=O) groups is 1. The largest absolute Gasteiger partial charge is 0.346 e. The molecule has 98 valence electrons. The van der Waals surface area contributed by atoms with Gasteiger partial charge in [-0.2, -0.15) is 8.42 Å². The number of carbonyl (C=O) groups excluding carboxylic acids is 1. The van der Waals surface area contributed by atoms with E-state index in [0.717, 1.165) is 0 Å². The zero-order valence-corrected chi connectivity index (χ0v) is 9.98. The molecule has 1 aliphatic rings. The van der Waals surface area contributed by atoms with E-state index >= 15 is 0 Å². The van der Waals surface area contributed by atoms with E-state index in [9.17, 15) is 21.9 Å². The first-order chi connectivity index (χ1) is 8.35. The zero-order chi connectivity index (χ0) is 13.3. The number of H-pyrrole nitrogens is 1.